The SMILES string of the molecule is C[C@]12CCC3C(CCC4=CC(=O)CC[C@@]43C)C1CCC2OC(=O)CCC(=O)NCCc1cnc[nH]1. The third-order valence-electron chi connectivity index (χ3n) is 9.98. The van der Waals surface area contributed by atoms with Gasteiger partial charge in [-0.3, -0.25) is 14.4 Å². The Kier molecular flexibility index (Phi) is 6.62. The van der Waals surface area contributed by atoms with Gasteiger partial charge >= 0.3 is 5.97 Å². The Hall–Kier alpha value is -2.44. The molecule has 2 N–H and O–H groups in total. The monoisotopic (exact) mass is 481 g/mol. The summed E-state index contributed by atoms with van der Waals surface area (Å²) in [4.78, 5) is 43.9. The molecule has 4 unspecified atom stereocenters. The van der Waals surface area contributed by atoms with Gasteiger partial charge in [0.05, 0.1) is 12.7 Å². The van der Waals surface area contributed by atoms with Crippen LogP contribution in [-0.4, -0.2) is 40.3 Å². The van der Waals surface area contributed by atoms with Gasteiger partial charge in [-0.2, -0.15) is 0 Å². The standard InChI is InChI=1S/C28H39N3O4/c1-27-12-9-20(32)15-18(27)3-4-21-22-5-6-24(28(22,2)13-10-23(21)27)35-26(34)8-7-25(33)30-14-11-19-16-29-17-31-19/h15-17,21-24H,3-14H2,1-2H3,(H,29,31)(H,30,33)/t21?,22?,23?,24?,27-,28-/m0/s1. The molecule has 7 nitrogen and oxygen atoms in total. The Morgan fingerprint density at radius 1 is 1.11 bits per heavy atom. The second-order valence-corrected chi connectivity index (χ2v) is 11.7. The molecule has 5 rings (SSSR count). The number of imidazole rings is 1. The highest BCUT2D eigenvalue weighted by Gasteiger charge is 2.59. The number of H-pyrrole nitrogens is 1. The van der Waals surface area contributed by atoms with Crippen LogP contribution in [0.25, 0.3) is 0 Å². The Balaban J connectivity index is 1.13. The third kappa shape index (κ3) is 4.58. The summed E-state index contributed by atoms with van der Waals surface area (Å²) < 4.78 is 6.03. The minimum Gasteiger partial charge on any atom is -0.462 e. The predicted molar refractivity (Wildman–Crippen MR) is 131 cm³/mol. The van der Waals surface area contributed by atoms with Gasteiger partial charge in [0.1, 0.15) is 6.10 Å². The van der Waals surface area contributed by atoms with Gasteiger partial charge in [0, 0.05) is 43.1 Å². The number of ether oxygens (including phenoxy) is 1. The topological polar surface area (TPSA) is 101 Å². The number of ketones is 1. The Morgan fingerprint density at radius 2 is 1.97 bits per heavy atom. The van der Waals surface area contributed by atoms with Crippen molar-refractivity contribution >= 4 is 17.7 Å². The minimum atomic E-state index is -0.255. The number of carbonyl (C=O) groups excluding carboxylic acids is 3. The van der Waals surface area contributed by atoms with E-state index in [1.165, 1.54) is 5.57 Å². The number of nitrogens with one attached hydrogen (secondary N) is 2. The first-order valence-electron chi connectivity index (χ1n) is 13.5. The van der Waals surface area contributed by atoms with Crippen LogP contribution in [-0.2, 0) is 25.5 Å². The normalized spacial score (nSPS) is 35.9. The first-order chi connectivity index (χ1) is 16.8. The molecule has 4 aliphatic rings. The first-order valence-corrected chi connectivity index (χ1v) is 13.5. The number of aromatic amines is 1. The number of rotatable bonds is 7. The molecule has 35 heavy (non-hydrogen) atoms. The number of allylic oxidation sites excluding steroid dienone is 1. The van der Waals surface area contributed by atoms with Crippen molar-refractivity contribution in [3.05, 3.63) is 29.9 Å². The molecule has 0 spiro atoms. The maximum atomic E-state index is 12.7. The van der Waals surface area contributed by atoms with E-state index in [1.54, 1.807) is 12.5 Å². The maximum Gasteiger partial charge on any atom is 0.306 e. The van der Waals surface area contributed by atoms with Gasteiger partial charge in [-0.25, -0.2) is 4.98 Å². The second-order valence-electron chi connectivity index (χ2n) is 11.7. The summed E-state index contributed by atoms with van der Waals surface area (Å²) in [7, 11) is 0. The molecular formula is C28H39N3O4. The summed E-state index contributed by atoms with van der Waals surface area (Å²) in [6, 6.07) is 0. The molecule has 1 heterocycles. The number of esters is 1. The lowest BCUT2D eigenvalue weighted by Gasteiger charge is -2.57. The van der Waals surface area contributed by atoms with Crippen LogP contribution in [0.2, 0.25) is 0 Å². The van der Waals surface area contributed by atoms with Crippen LogP contribution in [0.5, 0.6) is 0 Å². The Morgan fingerprint density at radius 3 is 2.77 bits per heavy atom. The average Bonchev–Trinajstić information content (AvgIpc) is 3.46. The molecule has 1 amide bonds. The average molecular weight is 482 g/mol. The number of aromatic nitrogens is 2. The van der Waals surface area contributed by atoms with Gasteiger partial charge in [0.2, 0.25) is 5.91 Å². The lowest BCUT2D eigenvalue weighted by molar-refractivity contribution is -0.160. The number of carbonyl (C=O) groups is 3. The summed E-state index contributed by atoms with van der Waals surface area (Å²) >= 11 is 0. The van der Waals surface area contributed by atoms with Crippen LogP contribution in [0, 0.1) is 28.6 Å². The lowest BCUT2D eigenvalue weighted by atomic mass is 9.47. The number of fused-ring (bicyclic) bond motifs is 5. The fraction of sp³-hybridized carbons (Fsp3) is 0.714. The Bertz CT molecular complexity index is 1000. The van der Waals surface area contributed by atoms with Crippen molar-refractivity contribution in [3.8, 4) is 0 Å². The van der Waals surface area contributed by atoms with Crippen molar-refractivity contribution in [1.82, 2.24) is 15.3 Å². The predicted octanol–water partition coefficient (Wildman–Crippen LogP) is 4.29. The van der Waals surface area contributed by atoms with Crippen molar-refractivity contribution in [1.29, 1.82) is 0 Å². The quantitative estimate of drug-likeness (QED) is 0.566. The number of hydrogen-bond acceptors (Lipinski definition) is 5. The van der Waals surface area contributed by atoms with E-state index in [4.69, 9.17) is 4.74 Å². The van der Waals surface area contributed by atoms with Gasteiger partial charge in [-0.05, 0) is 74.2 Å². The highest BCUT2D eigenvalue weighted by molar-refractivity contribution is 5.91. The molecule has 6 atom stereocenters. The zero-order valence-corrected chi connectivity index (χ0v) is 21.1. The van der Waals surface area contributed by atoms with Gasteiger partial charge < -0.3 is 15.0 Å². The summed E-state index contributed by atoms with van der Waals surface area (Å²) in [6.45, 7) is 5.25. The number of hydrogen-bond donors (Lipinski definition) is 2. The number of amides is 1. The van der Waals surface area contributed by atoms with Crippen LogP contribution in [0.4, 0.5) is 0 Å². The van der Waals surface area contributed by atoms with Crippen LogP contribution in [0.15, 0.2) is 24.2 Å². The third-order valence-corrected chi connectivity index (χ3v) is 9.98. The van der Waals surface area contributed by atoms with E-state index in [2.05, 4.69) is 29.1 Å². The molecule has 190 valence electrons. The van der Waals surface area contributed by atoms with Crippen molar-refractivity contribution < 1.29 is 19.1 Å². The van der Waals surface area contributed by atoms with Gasteiger partial charge in [-0.1, -0.05) is 19.4 Å². The molecule has 3 fully saturated rings. The van der Waals surface area contributed by atoms with Crippen LogP contribution in [0.1, 0.15) is 83.7 Å². The zero-order valence-electron chi connectivity index (χ0n) is 21.1. The largest absolute Gasteiger partial charge is 0.462 e. The number of nitrogens with zero attached hydrogens (tertiary/aromatic N) is 1. The zero-order chi connectivity index (χ0) is 24.6. The van der Waals surface area contributed by atoms with Crippen molar-refractivity contribution in [2.24, 2.45) is 28.6 Å². The van der Waals surface area contributed by atoms with E-state index in [0.717, 1.165) is 50.6 Å². The van der Waals surface area contributed by atoms with Crippen molar-refractivity contribution in [3.63, 3.8) is 0 Å². The maximum absolute atomic E-state index is 12.7. The van der Waals surface area contributed by atoms with E-state index < -0.39 is 0 Å². The Labute approximate surface area is 207 Å². The van der Waals surface area contributed by atoms with Gasteiger partial charge in [0.15, 0.2) is 5.78 Å². The fourth-order valence-electron chi connectivity index (χ4n) is 7.98. The van der Waals surface area contributed by atoms with E-state index in [9.17, 15) is 14.4 Å². The van der Waals surface area contributed by atoms with E-state index >= 15 is 0 Å². The summed E-state index contributed by atoms with van der Waals surface area (Å²) in [5.74, 6) is 1.77. The molecule has 3 saturated carbocycles. The molecule has 0 bridgehead atoms. The minimum absolute atomic E-state index is 0.0191. The van der Waals surface area contributed by atoms with E-state index in [1.807, 2.05) is 6.08 Å². The summed E-state index contributed by atoms with van der Waals surface area (Å²) in [6.07, 6.45) is 14.3. The van der Waals surface area contributed by atoms with Crippen LogP contribution in [0.3, 0.4) is 0 Å². The highest BCUT2D eigenvalue weighted by Crippen LogP contribution is 2.65. The highest BCUT2D eigenvalue weighted by atomic mass is 16.5. The molecule has 1 aromatic heterocycles. The van der Waals surface area contributed by atoms with Crippen molar-refractivity contribution in [2.45, 2.75) is 90.6 Å². The van der Waals surface area contributed by atoms with Gasteiger partial charge in [-0.15, -0.1) is 0 Å². The fourth-order valence-corrected chi connectivity index (χ4v) is 7.98. The van der Waals surface area contributed by atoms with Crippen LogP contribution < -0.4 is 5.32 Å². The van der Waals surface area contributed by atoms with E-state index in [-0.39, 0.29) is 41.7 Å². The molecule has 0 radical (unpaired) electrons. The van der Waals surface area contributed by atoms with Gasteiger partial charge in [0.25, 0.3) is 0 Å². The first kappa shape index (κ1) is 24.3. The summed E-state index contributed by atoms with van der Waals surface area (Å²) in [5.41, 5.74) is 2.55. The lowest BCUT2D eigenvalue weighted by Crippen LogP contribution is -2.51. The van der Waals surface area contributed by atoms with Crippen LogP contribution >= 0.6 is 0 Å². The second kappa shape index (κ2) is 9.55. The molecule has 1 aromatic rings. The van der Waals surface area contributed by atoms with E-state index in [0.29, 0.717) is 42.9 Å². The molecule has 0 aliphatic heterocycles. The summed E-state index contributed by atoms with van der Waals surface area (Å²) in [5, 5.41) is 2.86. The van der Waals surface area contributed by atoms with Crippen molar-refractivity contribution in [2.75, 3.05) is 6.54 Å². The molecule has 0 aromatic carbocycles. The smallest absolute Gasteiger partial charge is 0.306 e. The molecular weight excluding hydrogens is 442 g/mol. The molecule has 4 aliphatic carbocycles. The molecule has 7 heteroatoms. The molecule has 0 saturated heterocycles.